The monoisotopic (exact) mass is 238 g/mol. The molecule has 0 bridgehead atoms. The fourth-order valence-corrected chi connectivity index (χ4v) is 2.04. The van der Waals surface area contributed by atoms with Crippen LogP contribution in [0.15, 0.2) is 11.2 Å². The first kappa shape index (κ1) is 11.2. The molecule has 2 N–H and O–H groups in total. The molecule has 5 nitrogen and oxygen atoms in total. The van der Waals surface area contributed by atoms with Crippen LogP contribution in [-0.4, -0.2) is 29.0 Å². The lowest BCUT2D eigenvalue weighted by Crippen LogP contribution is -2.31. The molecule has 6 heteroatoms. The van der Waals surface area contributed by atoms with Gasteiger partial charge < -0.3 is 10.6 Å². The van der Waals surface area contributed by atoms with E-state index in [1.54, 1.807) is 0 Å². The summed E-state index contributed by atoms with van der Waals surface area (Å²) >= 11 is 4.15. The van der Waals surface area contributed by atoms with Crippen LogP contribution in [0.4, 0.5) is 5.95 Å². The number of amides is 1. The molecule has 2 rings (SSSR count). The van der Waals surface area contributed by atoms with Gasteiger partial charge in [-0.25, -0.2) is 9.97 Å². The van der Waals surface area contributed by atoms with Crippen LogP contribution >= 0.6 is 12.6 Å². The predicted octanol–water partition coefficient (Wildman–Crippen LogP) is 0.855. The molecular weight excluding hydrogens is 224 g/mol. The van der Waals surface area contributed by atoms with Crippen LogP contribution < -0.4 is 10.6 Å². The molecule has 16 heavy (non-hydrogen) atoms. The van der Waals surface area contributed by atoms with Crippen molar-refractivity contribution in [2.75, 3.05) is 18.0 Å². The van der Waals surface area contributed by atoms with Gasteiger partial charge in [-0.2, -0.15) is 0 Å². The smallest absolute Gasteiger partial charge is 0.253 e. The fourth-order valence-electron chi connectivity index (χ4n) is 1.78. The third kappa shape index (κ3) is 2.27. The van der Waals surface area contributed by atoms with E-state index in [1.807, 2.05) is 0 Å². The zero-order valence-corrected chi connectivity index (χ0v) is 9.78. The highest BCUT2D eigenvalue weighted by molar-refractivity contribution is 7.80. The zero-order chi connectivity index (χ0) is 11.5. The van der Waals surface area contributed by atoms with Gasteiger partial charge in [-0.05, 0) is 19.3 Å². The predicted molar refractivity (Wildman–Crippen MR) is 63.9 cm³/mol. The largest absolute Gasteiger partial charge is 0.365 e. The summed E-state index contributed by atoms with van der Waals surface area (Å²) in [5.74, 6) is 0.0879. The average molecular weight is 238 g/mol. The highest BCUT2D eigenvalue weighted by Gasteiger charge is 2.15. The van der Waals surface area contributed by atoms with Crippen molar-refractivity contribution < 1.29 is 4.79 Å². The van der Waals surface area contributed by atoms with Gasteiger partial charge in [0.1, 0.15) is 5.03 Å². The molecule has 1 amide bonds. The van der Waals surface area contributed by atoms with Crippen molar-refractivity contribution in [2.24, 2.45) is 5.73 Å². The summed E-state index contributed by atoms with van der Waals surface area (Å²) in [7, 11) is 0. The van der Waals surface area contributed by atoms with Gasteiger partial charge in [0.15, 0.2) is 0 Å². The number of hydrogen-bond acceptors (Lipinski definition) is 5. The molecule has 1 aromatic rings. The Bertz CT molecular complexity index is 404. The highest BCUT2D eigenvalue weighted by atomic mass is 32.1. The first-order chi connectivity index (χ1) is 7.68. The molecule has 1 fully saturated rings. The van der Waals surface area contributed by atoms with E-state index in [9.17, 15) is 4.79 Å². The van der Waals surface area contributed by atoms with E-state index in [4.69, 9.17) is 5.73 Å². The van der Waals surface area contributed by atoms with E-state index in [-0.39, 0.29) is 5.56 Å². The van der Waals surface area contributed by atoms with Gasteiger partial charge in [0, 0.05) is 19.3 Å². The van der Waals surface area contributed by atoms with Gasteiger partial charge in [0.25, 0.3) is 5.91 Å². The topological polar surface area (TPSA) is 72.1 Å². The number of anilines is 1. The van der Waals surface area contributed by atoms with Crippen molar-refractivity contribution in [1.82, 2.24) is 9.97 Å². The first-order valence-electron chi connectivity index (χ1n) is 5.29. The van der Waals surface area contributed by atoms with Crippen LogP contribution in [0.1, 0.15) is 29.6 Å². The van der Waals surface area contributed by atoms with Crippen LogP contribution in [0.3, 0.4) is 0 Å². The number of rotatable bonds is 2. The van der Waals surface area contributed by atoms with Gasteiger partial charge in [-0.15, -0.1) is 12.6 Å². The van der Waals surface area contributed by atoms with E-state index in [1.165, 1.54) is 12.6 Å². The minimum absolute atomic E-state index is 0.268. The molecule has 0 saturated carbocycles. The number of piperidine rings is 1. The van der Waals surface area contributed by atoms with Gasteiger partial charge in [0.2, 0.25) is 5.95 Å². The second kappa shape index (κ2) is 4.69. The van der Waals surface area contributed by atoms with Gasteiger partial charge in [-0.1, -0.05) is 0 Å². The lowest BCUT2D eigenvalue weighted by Gasteiger charge is -2.26. The van der Waals surface area contributed by atoms with E-state index < -0.39 is 5.91 Å². The van der Waals surface area contributed by atoms with Crippen molar-refractivity contribution in [3.8, 4) is 0 Å². The molecular formula is C10H14N4OS. The number of nitrogens with two attached hydrogens (primary N) is 1. The van der Waals surface area contributed by atoms with Crippen molar-refractivity contribution >= 4 is 24.5 Å². The van der Waals surface area contributed by atoms with Gasteiger partial charge >= 0.3 is 0 Å². The Morgan fingerprint density at radius 1 is 1.38 bits per heavy atom. The van der Waals surface area contributed by atoms with E-state index >= 15 is 0 Å². The summed E-state index contributed by atoms with van der Waals surface area (Å²) < 4.78 is 0. The molecule has 0 aliphatic carbocycles. The quantitative estimate of drug-likeness (QED) is 0.592. The molecule has 0 radical (unpaired) electrons. The summed E-state index contributed by atoms with van der Waals surface area (Å²) in [5, 5.41) is 0.350. The van der Waals surface area contributed by atoms with E-state index in [0.717, 1.165) is 25.9 Å². The summed E-state index contributed by atoms with van der Waals surface area (Å²) in [4.78, 5) is 21.4. The zero-order valence-electron chi connectivity index (χ0n) is 8.89. The van der Waals surface area contributed by atoms with Gasteiger partial charge in [0.05, 0.1) is 5.56 Å². The molecule has 1 aliphatic rings. The third-order valence-electron chi connectivity index (χ3n) is 2.66. The molecule has 0 spiro atoms. The van der Waals surface area contributed by atoms with Crippen LogP contribution in [-0.2, 0) is 0 Å². The molecule has 0 atom stereocenters. The Labute approximate surface area is 99.5 Å². The highest BCUT2D eigenvalue weighted by Crippen LogP contribution is 2.18. The molecule has 1 aliphatic heterocycles. The molecule has 86 valence electrons. The summed E-state index contributed by atoms with van der Waals surface area (Å²) in [6.45, 7) is 1.92. The second-order valence-corrected chi connectivity index (χ2v) is 4.24. The molecule has 1 saturated heterocycles. The molecule has 1 aromatic heterocycles. The minimum Gasteiger partial charge on any atom is -0.365 e. The minimum atomic E-state index is -0.546. The van der Waals surface area contributed by atoms with Crippen molar-refractivity contribution in [1.29, 1.82) is 0 Å². The molecule has 0 aromatic carbocycles. The summed E-state index contributed by atoms with van der Waals surface area (Å²) in [6.07, 6.45) is 5.01. The number of nitrogens with zero attached hydrogens (tertiary/aromatic N) is 3. The van der Waals surface area contributed by atoms with Crippen molar-refractivity contribution in [3.05, 3.63) is 11.8 Å². The van der Waals surface area contributed by atoms with E-state index in [0.29, 0.717) is 11.0 Å². The Hall–Kier alpha value is -1.30. The number of carbonyl (C=O) groups is 1. The lowest BCUT2D eigenvalue weighted by molar-refractivity contribution is 0.0996. The van der Waals surface area contributed by atoms with Gasteiger partial charge in [-0.3, -0.25) is 4.79 Å². The number of hydrogen-bond donors (Lipinski definition) is 2. The standard InChI is InChI=1S/C10H14N4OS/c11-8(15)7-6-12-10(13-9(7)16)14-4-2-1-3-5-14/h6H,1-5H2,(H2,11,15)(H,12,13,16). The van der Waals surface area contributed by atoms with Crippen molar-refractivity contribution in [3.63, 3.8) is 0 Å². The average Bonchev–Trinajstić information content (AvgIpc) is 2.29. The number of carbonyl (C=O) groups excluding carboxylic acids is 1. The Morgan fingerprint density at radius 2 is 2.06 bits per heavy atom. The van der Waals surface area contributed by atoms with Crippen LogP contribution in [0, 0.1) is 0 Å². The van der Waals surface area contributed by atoms with Crippen molar-refractivity contribution in [2.45, 2.75) is 24.3 Å². The third-order valence-corrected chi connectivity index (χ3v) is 3.00. The summed E-state index contributed by atoms with van der Waals surface area (Å²) in [5.41, 5.74) is 5.43. The Balaban J connectivity index is 2.23. The van der Waals surface area contributed by atoms with Crippen LogP contribution in [0.5, 0.6) is 0 Å². The Morgan fingerprint density at radius 3 is 2.62 bits per heavy atom. The SMILES string of the molecule is NC(=O)c1cnc(N2CCCCC2)nc1S. The maximum atomic E-state index is 11.0. The normalized spacial score (nSPS) is 16.2. The Kier molecular flexibility index (Phi) is 3.28. The number of primary amides is 1. The number of aromatic nitrogens is 2. The van der Waals surface area contributed by atoms with Crippen LogP contribution in [0.2, 0.25) is 0 Å². The maximum Gasteiger partial charge on any atom is 0.253 e. The molecule has 0 unspecified atom stereocenters. The maximum absolute atomic E-state index is 11.0. The lowest BCUT2D eigenvalue weighted by atomic mass is 10.1. The first-order valence-corrected chi connectivity index (χ1v) is 5.74. The fraction of sp³-hybridized carbons (Fsp3) is 0.500. The second-order valence-electron chi connectivity index (χ2n) is 3.82. The summed E-state index contributed by atoms with van der Waals surface area (Å²) in [6, 6.07) is 0. The number of thiol groups is 1. The van der Waals surface area contributed by atoms with E-state index in [2.05, 4.69) is 27.5 Å². The molecule has 2 heterocycles. The van der Waals surface area contributed by atoms with Crippen LogP contribution in [0.25, 0.3) is 0 Å².